The minimum atomic E-state index is -3.10. The zero-order valence-electron chi connectivity index (χ0n) is 11.8. The molecule has 0 unspecified atom stereocenters. The first-order valence-corrected chi connectivity index (χ1v) is 9.22. The van der Waals surface area contributed by atoms with Crippen molar-refractivity contribution in [3.8, 4) is 0 Å². The Morgan fingerprint density at radius 2 is 2.16 bits per heavy atom. The van der Waals surface area contributed by atoms with Crippen molar-refractivity contribution in [3.63, 3.8) is 0 Å². The van der Waals surface area contributed by atoms with Gasteiger partial charge in [-0.3, -0.25) is 0 Å². The first-order valence-electron chi connectivity index (χ1n) is 6.73. The van der Waals surface area contributed by atoms with E-state index in [4.69, 9.17) is 0 Å². The fourth-order valence-electron chi connectivity index (χ4n) is 1.70. The van der Waals surface area contributed by atoms with E-state index >= 15 is 0 Å². The van der Waals surface area contributed by atoms with E-state index in [1.807, 2.05) is 17.5 Å². The van der Waals surface area contributed by atoms with Crippen LogP contribution in [0.25, 0.3) is 0 Å². The third kappa shape index (κ3) is 6.51. The van der Waals surface area contributed by atoms with E-state index in [9.17, 15) is 8.42 Å². The normalized spacial score (nSPS) is 12.2. The van der Waals surface area contributed by atoms with Crippen molar-refractivity contribution in [2.75, 3.05) is 32.4 Å². The summed E-state index contributed by atoms with van der Waals surface area (Å²) in [5.74, 6) is 0.227. The number of rotatable bonds is 10. The van der Waals surface area contributed by atoms with Gasteiger partial charge in [-0.1, -0.05) is 13.0 Å². The van der Waals surface area contributed by atoms with Gasteiger partial charge in [0.15, 0.2) is 0 Å². The molecule has 1 aromatic rings. The molecule has 0 aliphatic heterocycles. The third-order valence-corrected chi connectivity index (χ3v) is 5.78. The van der Waals surface area contributed by atoms with Crippen LogP contribution in [0, 0.1) is 0 Å². The number of hydrogen-bond donors (Lipinski definition) is 1. The number of nitrogens with zero attached hydrogens (tertiary/aromatic N) is 1. The van der Waals surface area contributed by atoms with Crippen LogP contribution in [0.3, 0.4) is 0 Å². The van der Waals surface area contributed by atoms with Gasteiger partial charge in [-0.2, -0.15) is 0 Å². The summed E-state index contributed by atoms with van der Waals surface area (Å²) in [7, 11) is -1.43. The second-order valence-corrected chi connectivity index (χ2v) is 7.80. The molecule has 6 heteroatoms. The molecule has 0 saturated carbocycles. The van der Waals surface area contributed by atoms with Crippen LogP contribution in [0.15, 0.2) is 17.5 Å². The van der Waals surface area contributed by atoms with E-state index in [1.165, 1.54) is 9.18 Å². The van der Waals surface area contributed by atoms with Crippen LogP contribution < -0.4 is 5.32 Å². The highest BCUT2D eigenvalue weighted by molar-refractivity contribution is 7.89. The molecule has 0 aliphatic carbocycles. The quantitative estimate of drug-likeness (QED) is 0.672. The third-order valence-electron chi connectivity index (χ3n) is 2.91. The molecule has 110 valence electrons. The molecule has 1 heterocycles. The molecular weight excluding hydrogens is 280 g/mol. The molecule has 0 amide bonds. The van der Waals surface area contributed by atoms with E-state index in [1.54, 1.807) is 18.4 Å². The predicted octanol–water partition coefficient (Wildman–Crippen LogP) is 1.94. The molecule has 4 nitrogen and oxygen atoms in total. The molecule has 0 saturated heterocycles. The lowest BCUT2D eigenvalue weighted by Crippen LogP contribution is -2.32. The van der Waals surface area contributed by atoms with Crippen LogP contribution in [0.5, 0.6) is 0 Å². The topological polar surface area (TPSA) is 49.4 Å². The maximum atomic E-state index is 12.0. The predicted molar refractivity (Wildman–Crippen MR) is 82.2 cm³/mol. The van der Waals surface area contributed by atoms with Gasteiger partial charge in [0.25, 0.3) is 0 Å². The van der Waals surface area contributed by atoms with E-state index < -0.39 is 10.0 Å². The van der Waals surface area contributed by atoms with Crippen molar-refractivity contribution in [1.29, 1.82) is 0 Å². The van der Waals surface area contributed by atoms with Crippen LogP contribution in [0.2, 0.25) is 0 Å². The molecule has 1 aromatic heterocycles. The maximum Gasteiger partial charge on any atom is 0.213 e. The summed E-state index contributed by atoms with van der Waals surface area (Å²) >= 11 is 1.67. The van der Waals surface area contributed by atoms with Crippen molar-refractivity contribution in [1.82, 2.24) is 9.62 Å². The van der Waals surface area contributed by atoms with Crippen molar-refractivity contribution in [3.05, 3.63) is 22.4 Å². The lowest BCUT2D eigenvalue weighted by Gasteiger charge is -2.16. The summed E-state index contributed by atoms with van der Waals surface area (Å²) in [6.07, 6.45) is 2.54. The Labute approximate surface area is 120 Å². The number of sulfonamides is 1. The van der Waals surface area contributed by atoms with Gasteiger partial charge < -0.3 is 5.32 Å². The fraction of sp³-hybridized carbons (Fsp3) is 0.692. The second kappa shape index (κ2) is 8.68. The summed E-state index contributed by atoms with van der Waals surface area (Å²) in [6.45, 7) is 4.38. The zero-order chi connectivity index (χ0) is 14.1. The average Bonchev–Trinajstić information content (AvgIpc) is 2.88. The highest BCUT2D eigenvalue weighted by atomic mass is 32.2. The van der Waals surface area contributed by atoms with Gasteiger partial charge in [-0.25, -0.2) is 12.7 Å². The molecule has 0 aliphatic rings. The zero-order valence-corrected chi connectivity index (χ0v) is 13.4. The second-order valence-electron chi connectivity index (χ2n) is 4.57. The van der Waals surface area contributed by atoms with Gasteiger partial charge in [0.1, 0.15) is 0 Å². The SMILES string of the molecule is CCCNCCCS(=O)(=O)N(C)CCc1cccs1. The van der Waals surface area contributed by atoms with Crippen molar-refractivity contribution >= 4 is 21.4 Å². The number of hydrogen-bond acceptors (Lipinski definition) is 4. The molecule has 0 spiro atoms. The summed E-state index contributed by atoms with van der Waals surface area (Å²) in [4.78, 5) is 1.23. The van der Waals surface area contributed by atoms with Gasteiger partial charge in [-0.15, -0.1) is 11.3 Å². The molecule has 1 N–H and O–H groups in total. The minimum absolute atomic E-state index is 0.227. The van der Waals surface area contributed by atoms with E-state index in [-0.39, 0.29) is 5.75 Å². The van der Waals surface area contributed by atoms with Crippen molar-refractivity contribution in [2.45, 2.75) is 26.2 Å². The van der Waals surface area contributed by atoms with Gasteiger partial charge in [0.05, 0.1) is 5.75 Å². The van der Waals surface area contributed by atoms with Crippen molar-refractivity contribution < 1.29 is 8.42 Å². The Bertz CT molecular complexity index is 430. The standard InChI is InChI=1S/C13H24N2O2S2/c1-3-8-14-9-5-12-19(16,17)15(2)10-7-13-6-4-11-18-13/h4,6,11,14H,3,5,7-10,12H2,1-2H3. The van der Waals surface area contributed by atoms with Crippen LogP contribution in [-0.2, 0) is 16.4 Å². The number of likely N-dealkylation sites (N-methyl/N-ethyl adjacent to an activating group) is 1. The highest BCUT2D eigenvalue weighted by Crippen LogP contribution is 2.10. The molecule has 1 rings (SSSR count). The van der Waals surface area contributed by atoms with Crippen molar-refractivity contribution in [2.24, 2.45) is 0 Å². The molecular formula is C13H24N2O2S2. The highest BCUT2D eigenvalue weighted by Gasteiger charge is 2.16. The molecule has 0 aromatic carbocycles. The largest absolute Gasteiger partial charge is 0.317 e. The summed E-state index contributed by atoms with van der Waals surface area (Å²) in [6, 6.07) is 4.04. The fourth-order valence-corrected chi connectivity index (χ4v) is 3.59. The first-order chi connectivity index (χ1) is 9.06. The monoisotopic (exact) mass is 304 g/mol. The molecule has 0 bridgehead atoms. The van der Waals surface area contributed by atoms with E-state index in [0.717, 1.165) is 25.9 Å². The van der Waals surface area contributed by atoms with Gasteiger partial charge in [-0.05, 0) is 43.8 Å². The maximum absolute atomic E-state index is 12.0. The smallest absolute Gasteiger partial charge is 0.213 e. The number of thiophene rings is 1. The minimum Gasteiger partial charge on any atom is -0.317 e. The Morgan fingerprint density at radius 3 is 2.79 bits per heavy atom. The Balaban J connectivity index is 2.26. The summed E-state index contributed by atoms with van der Waals surface area (Å²) < 4.78 is 25.5. The average molecular weight is 304 g/mol. The lowest BCUT2D eigenvalue weighted by molar-refractivity contribution is 0.471. The Hall–Kier alpha value is -0.430. The molecule has 0 atom stereocenters. The molecule has 0 fully saturated rings. The van der Waals surface area contributed by atoms with Gasteiger partial charge >= 0.3 is 0 Å². The van der Waals surface area contributed by atoms with Crippen LogP contribution in [0.1, 0.15) is 24.6 Å². The van der Waals surface area contributed by atoms with E-state index in [0.29, 0.717) is 13.0 Å². The first kappa shape index (κ1) is 16.6. The van der Waals surface area contributed by atoms with Crippen LogP contribution in [0.4, 0.5) is 0 Å². The van der Waals surface area contributed by atoms with Gasteiger partial charge in [0.2, 0.25) is 10.0 Å². The van der Waals surface area contributed by atoms with Crippen LogP contribution in [-0.4, -0.2) is 45.2 Å². The van der Waals surface area contributed by atoms with Gasteiger partial charge in [0, 0.05) is 18.5 Å². The number of nitrogens with one attached hydrogen (secondary N) is 1. The summed E-state index contributed by atoms with van der Waals surface area (Å²) in [5, 5.41) is 5.24. The molecule has 0 radical (unpaired) electrons. The molecule has 19 heavy (non-hydrogen) atoms. The lowest BCUT2D eigenvalue weighted by atomic mass is 10.3. The van der Waals surface area contributed by atoms with E-state index in [2.05, 4.69) is 12.2 Å². The Morgan fingerprint density at radius 1 is 1.37 bits per heavy atom. The van der Waals surface area contributed by atoms with Crippen LogP contribution >= 0.6 is 11.3 Å². The Kier molecular flexibility index (Phi) is 7.60. The summed E-state index contributed by atoms with van der Waals surface area (Å²) in [5.41, 5.74) is 0.